The van der Waals surface area contributed by atoms with Crippen LogP contribution in [0, 0.1) is 0 Å². The molecule has 0 amide bonds. The number of aromatic nitrogens is 6. The van der Waals surface area contributed by atoms with Crippen molar-refractivity contribution in [3.05, 3.63) is 279 Å². The van der Waals surface area contributed by atoms with E-state index < -0.39 is 0 Å². The molecule has 14 rings (SSSR count). The van der Waals surface area contributed by atoms with Crippen LogP contribution < -0.4 is 0 Å². The van der Waals surface area contributed by atoms with Crippen LogP contribution in [0.25, 0.3) is 146 Å². The van der Waals surface area contributed by atoms with Crippen molar-refractivity contribution in [2.45, 2.75) is 0 Å². The van der Waals surface area contributed by atoms with E-state index in [2.05, 4.69) is 190 Å². The maximum atomic E-state index is 5.97. The molecule has 0 spiro atoms. The molecule has 0 N–H and O–H groups in total. The topological polar surface area (TPSA) is 104 Å². The molecule has 0 atom stereocenters. The second-order valence-electron chi connectivity index (χ2n) is 19.6. The number of para-hydroxylation sites is 2. The van der Waals surface area contributed by atoms with E-state index >= 15 is 0 Å². The lowest BCUT2D eigenvalue weighted by Gasteiger charge is -2.12. The van der Waals surface area contributed by atoms with Crippen LogP contribution in [-0.4, -0.2) is 30.4 Å². The van der Waals surface area contributed by atoms with E-state index in [1.165, 1.54) is 0 Å². The molecular weight excluding hydrogens is 981 g/mol. The fraction of sp³-hybridized carbons (Fsp3) is 0. The summed E-state index contributed by atoms with van der Waals surface area (Å²) < 4.78 is 11.9. The van der Waals surface area contributed by atoms with E-state index in [0.29, 0.717) is 23.6 Å². The molecule has 0 aliphatic carbocycles. The zero-order valence-corrected chi connectivity index (χ0v) is 43.1. The van der Waals surface area contributed by atoms with Crippen LogP contribution in [-0.2, 0) is 0 Å². The highest BCUT2D eigenvalue weighted by atomic mass is 16.4. The first-order valence-electron chi connectivity index (χ1n) is 26.5. The highest BCUT2D eigenvalue weighted by molar-refractivity contribution is 5.88. The molecule has 3 heterocycles. The summed E-state index contributed by atoms with van der Waals surface area (Å²) in [5.74, 6) is 2.01. The van der Waals surface area contributed by atoms with E-state index in [0.717, 1.165) is 123 Å². The molecular formula is C72H46N6O2. The van der Waals surface area contributed by atoms with Gasteiger partial charge in [0.05, 0.1) is 22.4 Å². The molecule has 80 heavy (non-hydrogen) atoms. The summed E-state index contributed by atoms with van der Waals surface area (Å²) in [6.07, 6.45) is 0. The lowest BCUT2D eigenvalue weighted by molar-refractivity contribution is 0.584. The van der Waals surface area contributed by atoms with Crippen molar-refractivity contribution in [2.24, 2.45) is 0 Å². The van der Waals surface area contributed by atoms with Crippen molar-refractivity contribution in [3.8, 4) is 135 Å². The molecule has 0 saturated heterocycles. The lowest BCUT2D eigenvalue weighted by atomic mass is 9.96. The maximum absolute atomic E-state index is 5.97. The quantitative estimate of drug-likeness (QED) is 0.119. The van der Waals surface area contributed by atoms with Gasteiger partial charge < -0.3 is 8.83 Å². The normalized spacial score (nSPS) is 11.2. The van der Waals surface area contributed by atoms with Gasteiger partial charge in [-0.1, -0.05) is 218 Å². The summed E-state index contributed by atoms with van der Waals surface area (Å²) >= 11 is 0. The summed E-state index contributed by atoms with van der Waals surface area (Å²) in [6, 6.07) is 96.3. The van der Waals surface area contributed by atoms with Crippen LogP contribution in [0.3, 0.4) is 0 Å². The lowest BCUT2D eigenvalue weighted by Crippen LogP contribution is -1.95. The van der Waals surface area contributed by atoms with Gasteiger partial charge in [0.2, 0.25) is 23.6 Å². The minimum atomic E-state index is 0.498. The number of fused-ring (bicyclic) bond motifs is 1. The first kappa shape index (κ1) is 47.5. The van der Waals surface area contributed by atoms with Crippen LogP contribution in [0.2, 0.25) is 0 Å². The van der Waals surface area contributed by atoms with Gasteiger partial charge in [0, 0.05) is 33.4 Å². The zero-order valence-electron chi connectivity index (χ0n) is 43.1. The standard InChI is InChI=1S/C72H46N6O2/c1-3-9-61(10-4-1)69-75-77-71(79-69)63-43-35-57(36-44-63)53-27-19-49(20-28-53)47-15-23-51(24-16-47)55-31-39-59(40-32-55)67-68(74-66-14-8-7-13-65(66)73-67)60-41-33-56(34-42-60)52-25-17-48(18-26-52)50-21-29-54(30-22-50)58-37-45-64(46-38-58)72-78-76-70(80-72)62-11-5-2-6-12-62/h1-46H. The first-order chi connectivity index (χ1) is 39.6. The van der Waals surface area contributed by atoms with Crippen LogP contribution in [0.1, 0.15) is 0 Å². The van der Waals surface area contributed by atoms with Gasteiger partial charge >= 0.3 is 0 Å². The molecule has 0 radical (unpaired) electrons. The van der Waals surface area contributed by atoms with Gasteiger partial charge in [-0.05, 0) is 127 Å². The highest BCUT2D eigenvalue weighted by Crippen LogP contribution is 2.36. The third kappa shape index (κ3) is 9.65. The Morgan fingerprint density at radius 2 is 0.338 bits per heavy atom. The molecule has 8 heteroatoms. The maximum Gasteiger partial charge on any atom is 0.248 e. The monoisotopic (exact) mass is 1030 g/mol. The molecule has 0 aliphatic rings. The average molecular weight is 1030 g/mol. The number of hydrogen-bond donors (Lipinski definition) is 0. The second kappa shape index (κ2) is 20.9. The predicted molar refractivity (Wildman–Crippen MR) is 320 cm³/mol. The third-order valence-electron chi connectivity index (χ3n) is 14.6. The molecule has 14 aromatic rings. The Bertz CT molecular complexity index is 4140. The zero-order chi connectivity index (χ0) is 53.2. The van der Waals surface area contributed by atoms with Crippen LogP contribution in [0.4, 0.5) is 0 Å². The minimum absolute atomic E-state index is 0.498. The van der Waals surface area contributed by atoms with E-state index in [9.17, 15) is 0 Å². The molecule has 376 valence electrons. The fourth-order valence-electron chi connectivity index (χ4n) is 10.1. The number of hydrogen-bond acceptors (Lipinski definition) is 8. The van der Waals surface area contributed by atoms with Gasteiger partial charge in [-0.2, -0.15) is 0 Å². The molecule has 0 fully saturated rings. The molecule has 3 aromatic heterocycles. The summed E-state index contributed by atoms with van der Waals surface area (Å²) in [6.45, 7) is 0. The van der Waals surface area contributed by atoms with Gasteiger partial charge in [0.1, 0.15) is 0 Å². The Labute approximate surface area is 462 Å². The van der Waals surface area contributed by atoms with Crippen LogP contribution in [0.15, 0.2) is 288 Å². The van der Waals surface area contributed by atoms with Gasteiger partial charge in [-0.15, -0.1) is 20.4 Å². The number of benzene rings is 11. The van der Waals surface area contributed by atoms with Gasteiger partial charge in [-0.25, -0.2) is 9.97 Å². The number of nitrogens with zero attached hydrogens (tertiary/aromatic N) is 6. The molecule has 8 nitrogen and oxygen atoms in total. The summed E-state index contributed by atoms with van der Waals surface area (Å²) in [7, 11) is 0. The SMILES string of the molecule is c1ccc(-c2nnc(-c3ccc(-c4ccc(-c5ccc(-c6ccc(-c7nc8ccccc8nc7-c7ccc(-c8ccc(-c9ccc(-c%10ccc(-c%11nnc(-c%12ccccc%12)o%11)cc%10)cc9)cc8)cc7)cc6)cc5)cc4)cc3)o2)cc1. The molecule has 0 unspecified atom stereocenters. The molecule has 11 aromatic carbocycles. The Balaban J connectivity index is 0.638. The highest BCUT2D eigenvalue weighted by Gasteiger charge is 2.16. The molecule has 0 bridgehead atoms. The average Bonchev–Trinajstić information content (AvgIpc) is 4.28. The Kier molecular flexibility index (Phi) is 12.4. The van der Waals surface area contributed by atoms with Gasteiger partial charge in [0.25, 0.3) is 0 Å². The van der Waals surface area contributed by atoms with E-state index in [1.807, 2.05) is 109 Å². The van der Waals surface area contributed by atoms with Crippen molar-refractivity contribution in [1.29, 1.82) is 0 Å². The Morgan fingerprint density at radius 1 is 0.163 bits per heavy atom. The predicted octanol–water partition coefficient (Wildman–Crippen LogP) is 18.4. The summed E-state index contributed by atoms with van der Waals surface area (Å²) in [5, 5.41) is 17.1. The second-order valence-corrected chi connectivity index (χ2v) is 19.6. The van der Waals surface area contributed by atoms with Crippen molar-refractivity contribution in [1.82, 2.24) is 30.4 Å². The van der Waals surface area contributed by atoms with Crippen molar-refractivity contribution >= 4 is 11.0 Å². The summed E-state index contributed by atoms with van der Waals surface area (Å²) in [4.78, 5) is 10.4. The molecule has 0 aliphatic heterocycles. The minimum Gasteiger partial charge on any atom is -0.416 e. The Hall–Kier alpha value is -11.0. The molecule has 0 saturated carbocycles. The summed E-state index contributed by atoms with van der Waals surface area (Å²) in [5.41, 5.74) is 22.6. The van der Waals surface area contributed by atoms with Crippen molar-refractivity contribution < 1.29 is 8.83 Å². The fourth-order valence-corrected chi connectivity index (χ4v) is 10.1. The van der Waals surface area contributed by atoms with E-state index in [1.54, 1.807) is 0 Å². The number of rotatable bonds is 12. The smallest absolute Gasteiger partial charge is 0.248 e. The van der Waals surface area contributed by atoms with Crippen LogP contribution >= 0.6 is 0 Å². The Morgan fingerprint density at radius 3 is 0.562 bits per heavy atom. The van der Waals surface area contributed by atoms with Crippen LogP contribution in [0.5, 0.6) is 0 Å². The van der Waals surface area contributed by atoms with Gasteiger partial charge in [0.15, 0.2) is 0 Å². The van der Waals surface area contributed by atoms with E-state index in [-0.39, 0.29) is 0 Å². The van der Waals surface area contributed by atoms with Crippen molar-refractivity contribution in [3.63, 3.8) is 0 Å². The largest absolute Gasteiger partial charge is 0.416 e. The first-order valence-corrected chi connectivity index (χ1v) is 26.5. The van der Waals surface area contributed by atoms with Crippen molar-refractivity contribution in [2.75, 3.05) is 0 Å². The van der Waals surface area contributed by atoms with E-state index in [4.69, 9.17) is 18.8 Å². The van der Waals surface area contributed by atoms with Gasteiger partial charge in [-0.3, -0.25) is 0 Å². The third-order valence-corrected chi connectivity index (χ3v) is 14.6.